The van der Waals surface area contributed by atoms with E-state index in [1.54, 1.807) is 16.4 Å². The molecule has 0 atom stereocenters. The Kier molecular flexibility index (Phi) is 4.73. The number of aromatic nitrogens is 2. The van der Waals surface area contributed by atoms with Crippen molar-refractivity contribution in [3.05, 3.63) is 41.5 Å². The van der Waals surface area contributed by atoms with Crippen molar-refractivity contribution in [3.63, 3.8) is 0 Å². The van der Waals surface area contributed by atoms with E-state index in [9.17, 15) is 8.42 Å². The molecule has 1 saturated heterocycles. The molecule has 3 rings (SSSR count). The lowest BCUT2D eigenvalue weighted by molar-refractivity contribution is 0.270. The smallest absolute Gasteiger partial charge is 0.243 e. The Morgan fingerprint density at radius 1 is 1.17 bits per heavy atom. The van der Waals surface area contributed by atoms with Gasteiger partial charge in [0, 0.05) is 24.9 Å². The van der Waals surface area contributed by atoms with Crippen LogP contribution in [0, 0.1) is 6.92 Å². The Labute approximate surface area is 142 Å². The third-order valence-corrected chi connectivity index (χ3v) is 6.35. The van der Waals surface area contributed by atoms with E-state index in [0.29, 0.717) is 42.5 Å². The zero-order chi connectivity index (χ0) is 17.3. The van der Waals surface area contributed by atoms with Crippen LogP contribution in [0.25, 0.3) is 0 Å². The van der Waals surface area contributed by atoms with Crippen LogP contribution in [0.4, 0.5) is 0 Å². The highest BCUT2D eigenvalue weighted by molar-refractivity contribution is 7.89. The summed E-state index contributed by atoms with van der Waals surface area (Å²) in [5, 5.41) is 4.00. The fourth-order valence-corrected chi connectivity index (χ4v) is 4.32. The molecular weight excluding hydrogens is 326 g/mol. The van der Waals surface area contributed by atoms with Gasteiger partial charge in [-0.2, -0.15) is 9.29 Å². The molecule has 0 saturated carbocycles. The van der Waals surface area contributed by atoms with E-state index in [1.807, 2.05) is 32.9 Å². The van der Waals surface area contributed by atoms with Crippen LogP contribution in [0.5, 0.6) is 0 Å². The first-order valence-corrected chi connectivity index (χ1v) is 9.72. The van der Waals surface area contributed by atoms with Crippen LogP contribution in [-0.2, 0) is 10.0 Å². The van der Waals surface area contributed by atoms with Crippen molar-refractivity contribution in [2.45, 2.75) is 50.3 Å². The van der Waals surface area contributed by atoms with Crippen LogP contribution in [0.1, 0.15) is 55.8 Å². The maximum Gasteiger partial charge on any atom is 0.243 e. The Balaban J connectivity index is 1.68. The van der Waals surface area contributed by atoms with Crippen LogP contribution in [0.15, 0.2) is 33.7 Å². The van der Waals surface area contributed by atoms with Gasteiger partial charge in [-0.05, 0) is 31.9 Å². The van der Waals surface area contributed by atoms with E-state index in [4.69, 9.17) is 4.52 Å². The number of aryl methyl sites for hydroxylation is 1. The average molecular weight is 349 g/mol. The van der Waals surface area contributed by atoms with Crippen molar-refractivity contribution < 1.29 is 12.9 Å². The van der Waals surface area contributed by atoms with Crippen molar-refractivity contribution in [2.24, 2.45) is 0 Å². The second-order valence-electron chi connectivity index (χ2n) is 6.64. The first-order chi connectivity index (χ1) is 11.4. The number of benzene rings is 1. The summed E-state index contributed by atoms with van der Waals surface area (Å²) >= 11 is 0. The standard InChI is InChI=1S/C17H23N3O3S/c1-12(2)16-18-17(23-19-16)14-8-10-20(11-9-14)24(21,22)15-6-4-13(3)5-7-15/h4-7,12,14H,8-11H2,1-3H3. The number of rotatable bonds is 4. The predicted molar refractivity (Wildman–Crippen MR) is 90.3 cm³/mol. The average Bonchev–Trinajstić information content (AvgIpc) is 3.06. The molecule has 2 heterocycles. The zero-order valence-electron chi connectivity index (χ0n) is 14.3. The summed E-state index contributed by atoms with van der Waals surface area (Å²) in [7, 11) is -3.43. The van der Waals surface area contributed by atoms with Gasteiger partial charge < -0.3 is 4.52 Å². The van der Waals surface area contributed by atoms with E-state index in [0.717, 1.165) is 5.56 Å². The molecule has 0 N–H and O–H groups in total. The zero-order valence-corrected chi connectivity index (χ0v) is 15.1. The Morgan fingerprint density at radius 3 is 2.33 bits per heavy atom. The quantitative estimate of drug-likeness (QED) is 0.848. The molecule has 0 aliphatic carbocycles. The van der Waals surface area contributed by atoms with Gasteiger partial charge >= 0.3 is 0 Å². The SMILES string of the molecule is Cc1ccc(S(=O)(=O)N2CCC(c3nc(C(C)C)no3)CC2)cc1. The van der Waals surface area contributed by atoms with Gasteiger partial charge in [-0.1, -0.05) is 36.7 Å². The second kappa shape index (κ2) is 6.64. The summed E-state index contributed by atoms with van der Waals surface area (Å²) in [6, 6.07) is 6.99. The van der Waals surface area contributed by atoms with Gasteiger partial charge in [0.05, 0.1) is 4.90 Å². The molecule has 1 fully saturated rings. The molecule has 0 amide bonds. The monoisotopic (exact) mass is 349 g/mol. The lowest BCUT2D eigenvalue weighted by Crippen LogP contribution is -2.37. The third-order valence-electron chi connectivity index (χ3n) is 4.44. The molecule has 0 radical (unpaired) electrons. The van der Waals surface area contributed by atoms with Crippen LogP contribution >= 0.6 is 0 Å². The van der Waals surface area contributed by atoms with E-state index >= 15 is 0 Å². The van der Waals surface area contributed by atoms with E-state index < -0.39 is 10.0 Å². The number of hydrogen-bond donors (Lipinski definition) is 0. The fourth-order valence-electron chi connectivity index (χ4n) is 2.85. The molecular formula is C17H23N3O3S. The minimum Gasteiger partial charge on any atom is -0.339 e. The molecule has 6 nitrogen and oxygen atoms in total. The van der Waals surface area contributed by atoms with E-state index in [2.05, 4.69) is 10.1 Å². The summed E-state index contributed by atoms with van der Waals surface area (Å²) in [4.78, 5) is 4.80. The minimum absolute atomic E-state index is 0.134. The Bertz CT molecular complexity index is 789. The molecule has 0 bridgehead atoms. The first kappa shape index (κ1) is 17.1. The van der Waals surface area contributed by atoms with Crippen LogP contribution < -0.4 is 0 Å². The molecule has 2 aromatic rings. The molecule has 7 heteroatoms. The third kappa shape index (κ3) is 3.37. The summed E-state index contributed by atoms with van der Waals surface area (Å²) in [6.45, 7) is 6.93. The number of hydrogen-bond acceptors (Lipinski definition) is 5. The number of nitrogens with zero attached hydrogens (tertiary/aromatic N) is 3. The molecule has 24 heavy (non-hydrogen) atoms. The van der Waals surface area contributed by atoms with Gasteiger partial charge in [0.2, 0.25) is 15.9 Å². The minimum atomic E-state index is -3.43. The van der Waals surface area contributed by atoms with Crippen molar-refractivity contribution >= 4 is 10.0 Å². The van der Waals surface area contributed by atoms with Crippen molar-refractivity contribution in [1.82, 2.24) is 14.4 Å². The van der Waals surface area contributed by atoms with Gasteiger partial charge in [0.15, 0.2) is 5.82 Å². The maximum absolute atomic E-state index is 12.7. The highest BCUT2D eigenvalue weighted by atomic mass is 32.2. The van der Waals surface area contributed by atoms with E-state index in [-0.39, 0.29) is 11.8 Å². The highest BCUT2D eigenvalue weighted by Crippen LogP contribution is 2.30. The molecule has 0 unspecified atom stereocenters. The van der Waals surface area contributed by atoms with Crippen LogP contribution in [0.2, 0.25) is 0 Å². The Hall–Kier alpha value is -1.73. The van der Waals surface area contributed by atoms with Crippen LogP contribution in [-0.4, -0.2) is 36.0 Å². The van der Waals surface area contributed by atoms with Crippen LogP contribution in [0.3, 0.4) is 0 Å². The van der Waals surface area contributed by atoms with Crippen molar-refractivity contribution in [2.75, 3.05) is 13.1 Å². The summed E-state index contributed by atoms with van der Waals surface area (Å²) in [5.41, 5.74) is 1.05. The van der Waals surface area contributed by atoms with Gasteiger partial charge in [-0.15, -0.1) is 0 Å². The highest BCUT2D eigenvalue weighted by Gasteiger charge is 2.32. The Morgan fingerprint density at radius 2 is 1.79 bits per heavy atom. The molecule has 1 aliphatic heterocycles. The molecule has 0 spiro atoms. The van der Waals surface area contributed by atoms with Gasteiger partial charge in [-0.3, -0.25) is 0 Å². The normalized spacial score (nSPS) is 17.5. The molecule has 130 valence electrons. The van der Waals surface area contributed by atoms with Crippen molar-refractivity contribution in [3.8, 4) is 0 Å². The number of sulfonamides is 1. The second-order valence-corrected chi connectivity index (χ2v) is 8.57. The summed E-state index contributed by atoms with van der Waals surface area (Å²) in [5.74, 6) is 1.70. The summed E-state index contributed by atoms with van der Waals surface area (Å²) in [6.07, 6.45) is 1.40. The van der Waals surface area contributed by atoms with Gasteiger partial charge in [0.25, 0.3) is 0 Å². The molecule has 1 aromatic carbocycles. The lowest BCUT2D eigenvalue weighted by Gasteiger charge is -2.29. The lowest BCUT2D eigenvalue weighted by atomic mass is 9.98. The topological polar surface area (TPSA) is 76.3 Å². The van der Waals surface area contributed by atoms with Gasteiger partial charge in [0.1, 0.15) is 0 Å². The number of piperidine rings is 1. The largest absolute Gasteiger partial charge is 0.339 e. The fraction of sp³-hybridized carbons (Fsp3) is 0.529. The molecule has 1 aliphatic rings. The maximum atomic E-state index is 12.7. The molecule has 1 aromatic heterocycles. The first-order valence-electron chi connectivity index (χ1n) is 8.28. The summed E-state index contributed by atoms with van der Waals surface area (Å²) < 4.78 is 32.3. The van der Waals surface area contributed by atoms with E-state index in [1.165, 1.54) is 0 Å². The van der Waals surface area contributed by atoms with Crippen molar-refractivity contribution in [1.29, 1.82) is 0 Å². The predicted octanol–water partition coefficient (Wildman–Crippen LogP) is 3.07. The van der Waals surface area contributed by atoms with Gasteiger partial charge in [-0.25, -0.2) is 8.42 Å².